The van der Waals surface area contributed by atoms with Gasteiger partial charge in [0.2, 0.25) is 0 Å². The van der Waals surface area contributed by atoms with Gasteiger partial charge < -0.3 is 10.5 Å². The highest BCUT2D eigenvalue weighted by Crippen LogP contribution is 2.31. The van der Waals surface area contributed by atoms with Crippen molar-refractivity contribution in [2.75, 3.05) is 12.8 Å². The molecular formula is C24H24ClN5O4S. The van der Waals surface area contributed by atoms with E-state index >= 15 is 0 Å². The molecule has 4 rings (SSSR count). The highest BCUT2D eigenvalue weighted by molar-refractivity contribution is 7.90. The number of carbonyl (C=O) groups is 1. The molecular weight excluding hydrogens is 490 g/mol. The normalized spacial score (nSPS) is 12.0. The number of methoxy groups -OCH3 is 1. The second-order valence-electron chi connectivity index (χ2n) is 8.91. The largest absolute Gasteiger partial charge is 0.495 e. The first-order valence-electron chi connectivity index (χ1n) is 10.6. The van der Waals surface area contributed by atoms with Crippen molar-refractivity contribution in [1.82, 2.24) is 19.5 Å². The number of carbonyl (C=O) groups excluding carboxylic acids is 1. The van der Waals surface area contributed by atoms with Crippen LogP contribution in [0.1, 0.15) is 36.8 Å². The van der Waals surface area contributed by atoms with Gasteiger partial charge in [0.1, 0.15) is 16.3 Å². The van der Waals surface area contributed by atoms with Crippen LogP contribution in [-0.4, -0.2) is 36.2 Å². The standard InChI is InChI=1S/C24H24ClN5O4S/c1-24(2,3)14-8-11-20(34-4)21(12-14)35(32,33)29-23(31)18-10-9-15-17(27-18)6-5-7-19(15)30-13-16(26)22(25)28-30/h5-13H,26H2,1-4H3,(H,29,31). The Morgan fingerprint density at radius 3 is 2.51 bits per heavy atom. The van der Waals surface area contributed by atoms with Crippen molar-refractivity contribution in [3.8, 4) is 11.4 Å². The van der Waals surface area contributed by atoms with E-state index in [0.29, 0.717) is 22.3 Å². The van der Waals surface area contributed by atoms with Gasteiger partial charge in [0.25, 0.3) is 15.9 Å². The van der Waals surface area contributed by atoms with Crippen molar-refractivity contribution in [2.24, 2.45) is 0 Å². The Morgan fingerprint density at radius 2 is 1.89 bits per heavy atom. The summed E-state index contributed by atoms with van der Waals surface area (Å²) < 4.78 is 35.1. The predicted molar refractivity (Wildman–Crippen MR) is 135 cm³/mol. The maximum absolute atomic E-state index is 13.1. The number of benzene rings is 2. The summed E-state index contributed by atoms with van der Waals surface area (Å²) in [6.45, 7) is 5.88. The number of hydrogen-bond acceptors (Lipinski definition) is 7. The summed E-state index contributed by atoms with van der Waals surface area (Å²) in [5, 5.41) is 5.01. The van der Waals surface area contributed by atoms with E-state index in [1.54, 1.807) is 42.6 Å². The van der Waals surface area contributed by atoms with Crippen LogP contribution < -0.4 is 15.2 Å². The summed E-state index contributed by atoms with van der Waals surface area (Å²) in [7, 11) is -2.88. The molecule has 0 aliphatic rings. The van der Waals surface area contributed by atoms with Gasteiger partial charge in [-0.25, -0.2) is 22.8 Å². The van der Waals surface area contributed by atoms with Gasteiger partial charge in [-0.1, -0.05) is 44.5 Å². The average Bonchev–Trinajstić information content (AvgIpc) is 3.14. The Kier molecular flexibility index (Phi) is 6.20. The fourth-order valence-electron chi connectivity index (χ4n) is 3.54. The number of halogens is 1. The van der Waals surface area contributed by atoms with Crippen LogP contribution in [0.15, 0.2) is 59.6 Å². The lowest BCUT2D eigenvalue weighted by atomic mass is 9.87. The molecule has 2 aromatic carbocycles. The number of nitrogens with two attached hydrogens (primary N) is 1. The first-order valence-corrected chi connectivity index (χ1v) is 12.4. The van der Waals surface area contributed by atoms with Crippen molar-refractivity contribution in [3.63, 3.8) is 0 Å². The van der Waals surface area contributed by atoms with Crippen LogP contribution >= 0.6 is 11.6 Å². The maximum Gasteiger partial charge on any atom is 0.283 e. The molecule has 3 N–H and O–H groups in total. The monoisotopic (exact) mass is 513 g/mol. The van der Waals surface area contributed by atoms with Crippen molar-refractivity contribution in [3.05, 3.63) is 71.1 Å². The highest BCUT2D eigenvalue weighted by Gasteiger charge is 2.26. The van der Waals surface area contributed by atoms with Crippen LogP contribution in [-0.2, 0) is 15.4 Å². The molecule has 2 aromatic heterocycles. The summed E-state index contributed by atoms with van der Waals surface area (Å²) in [6.07, 6.45) is 1.57. The van der Waals surface area contributed by atoms with Crippen LogP contribution in [0.25, 0.3) is 16.6 Å². The smallest absolute Gasteiger partial charge is 0.283 e. The van der Waals surface area contributed by atoms with E-state index in [0.717, 1.165) is 5.56 Å². The van der Waals surface area contributed by atoms with Crippen molar-refractivity contribution < 1.29 is 17.9 Å². The second kappa shape index (κ2) is 8.86. The summed E-state index contributed by atoms with van der Waals surface area (Å²) in [5.74, 6) is -0.738. The minimum Gasteiger partial charge on any atom is -0.495 e. The summed E-state index contributed by atoms with van der Waals surface area (Å²) >= 11 is 5.97. The number of anilines is 1. The Balaban J connectivity index is 1.69. The molecule has 9 nitrogen and oxygen atoms in total. The SMILES string of the molecule is COc1ccc(C(C)(C)C)cc1S(=O)(=O)NC(=O)c1ccc2c(-n3cc(N)c(Cl)n3)cccc2n1. The molecule has 0 atom stereocenters. The van der Waals surface area contributed by atoms with Crippen LogP contribution in [0.5, 0.6) is 5.75 Å². The molecule has 0 fully saturated rings. The van der Waals surface area contributed by atoms with Gasteiger partial charge in [0.05, 0.1) is 30.2 Å². The lowest BCUT2D eigenvalue weighted by Gasteiger charge is -2.21. The minimum absolute atomic E-state index is 0.0674. The van der Waals surface area contributed by atoms with Gasteiger partial charge in [-0.15, -0.1) is 0 Å². The summed E-state index contributed by atoms with van der Waals surface area (Å²) in [5.41, 5.74) is 7.64. The first-order chi connectivity index (χ1) is 16.4. The number of hydrogen-bond donors (Lipinski definition) is 2. The number of nitrogens with zero attached hydrogens (tertiary/aromatic N) is 3. The quantitative estimate of drug-likeness (QED) is 0.411. The van der Waals surface area contributed by atoms with E-state index in [1.807, 2.05) is 20.8 Å². The third-order valence-corrected chi connectivity index (χ3v) is 7.08. The molecule has 35 heavy (non-hydrogen) atoms. The van der Waals surface area contributed by atoms with E-state index in [1.165, 1.54) is 23.9 Å². The lowest BCUT2D eigenvalue weighted by molar-refractivity contribution is 0.0977. The molecule has 2 heterocycles. The van der Waals surface area contributed by atoms with E-state index in [9.17, 15) is 13.2 Å². The molecule has 0 aliphatic carbocycles. The lowest BCUT2D eigenvalue weighted by Crippen LogP contribution is -2.31. The molecule has 0 radical (unpaired) electrons. The van der Waals surface area contributed by atoms with Gasteiger partial charge in [-0.05, 0) is 47.4 Å². The zero-order valence-electron chi connectivity index (χ0n) is 19.5. The number of pyridine rings is 1. The first kappa shape index (κ1) is 24.5. The molecule has 4 aromatic rings. The number of sulfonamides is 1. The third-order valence-electron chi connectivity index (χ3n) is 5.43. The van der Waals surface area contributed by atoms with Gasteiger partial charge in [0, 0.05) is 5.39 Å². The number of amides is 1. The van der Waals surface area contributed by atoms with Gasteiger partial charge in [-0.2, -0.15) is 5.10 Å². The van der Waals surface area contributed by atoms with Crippen LogP contribution in [0.4, 0.5) is 5.69 Å². The zero-order valence-corrected chi connectivity index (χ0v) is 21.1. The van der Waals surface area contributed by atoms with Crippen LogP contribution in [0.3, 0.4) is 0 Å². The molecule has 1 amide bonds. The number of ether oxygens (including phenoxy) is 1. The Labute approximate surface area is 207 Å². The van der Waals surface area contributed by atoms with Crippen molar-refractivity contribution in [1.29, 1.82) is 0 Å². The maximum atomic E-state index is 13.1. The number of fused-ring (bicyclic) bond motifs is 1. The fourth-order valence-corrected chi connectivity index (χ4v) is 4.82. The van der Waals surface area contributed by atoms with Crippen molar-refractivity contribution >= 4 is 44.1 Å². The average molecular weight is 514 g/mol. The van der Waals surface area contributed by atoms with Gasteiger partial charge in [-0.3, -0.25) is 4.79 Å². The molecule has 0 spiro atoms. The van der Waals surface area contributed by atoms with Gasteiger partial charge >= 0.3 is 0 Å². The van der Waals surface area contributed by atoms with Crippen LogP contribution in [0.2, 0.25) is 5.15 Å². The predicted octanol–water partition coefficient (Wildman–Crippen LogP) is 4.08. The Bertz CT molecular complexity index is 1540. The highest BCUT2D eigenvalue weighted by atomic mass is 35.5. The second-order valence-corrected chi connectivity index (χ2v) is 10.9. The van der Waals surface area contributed by atoms with E-state index in [4.69, 9.17) is 22.1 Å². The molecule has 11 heteroatoms. The molecule has 0 saturated carbocycles. The molecule has 0 saturated heterocycles. The third kappa shape index (κ3) is 4.80. The molecule has 0 aliphatic heterocycles. The van der Waals surface area contributed by atoms with E-state index in [-0.39, 0.29) is 26.9 Å². The Hall–Kier alpha value is -3.63. The summed E-state index contributed by atoms with van der Waals surface area (Å²) in [6, 6.07) is 13.2. The number of rotatable bonds is 5. The number of nitrogens with one attached hydrogen (secondary N) is 1. The summed E-state index contributed by atoms with van der Waals surface area (Å²) in [4.78, 5) is 17.1. The number of nitrogen functional groups attached to an aromatic ring is 1. The van der Waals surface area contributed by atoms with E-state index in [2.05, 4.69) is 14.8 Å². The molecule has 0 unspecified atom stereocenters. The molecule has 0 bridgehead atoms. The van der Waals surface area contributed by atoms with Gasteiger partial charge in [0.15, 0.2) is 5.15 Å². The minimum atomic E-state index is -4.25. The number of aromatic nitrogens is 3. The Morgan fingerprint density at radius 1 is 1.14 bits per heavy atom. The topological polar surface area (TPSA) is 129 Å². The van der Waals surface area contributed by atoms with Crippen molar-refractivity contribution in [2.45, 2.75) is 31.1 Å². The zero-order chi connectivity index (χ0) is 25.5. The van der Waals surface area contributed by atoms with Crippen LogP contribution in [0, 0.1) is 0 Å². The molecule has 182 valence electrons. The van der Waals surface area contributed by atoms with E-state index < -0.39 is 15.9 Å². The fraction of sp³-hybridized carbons (Fsp3) is 0.208.